The number of nitrogen functional groups attached to an aromatic ring is 1. The largest absolute Gasteiger partial charge is 0.480 e. The molecule has 3 aliphatic rings. The van der Waals surface area contributed by atoms with E-state index in [9.17, 15) is 43.8 Å². The third-order valence-electron chi connectivity index (χ3n) is 13.7. The number of nitrogens with one attached hydrogen (secondary N) is 8. The smallest absolute Gasteiger partial charge is 0.407 e. The number of nitrogens with two attached hydrogens (primary N) is 1. The number of oxime groups is 1. The molecule has 12 N–H and O–H groups in total. The van der Waals surface area contributed by atoms with Crippen LogP contribution < -0.4 is 37.6 Å². The number of hydrogen-bond acceptors (Lipinski definition) is 16. The molecule has 0 fully saturated rings. The lowest BCUT2D eigenvalue weighted by molar-refractivity contribution is -0.148. The number of para-hydroxylation sites is 1. The number of benzene rings is 3. The molecule has 0 saturated heterocycles. The lowest BCUT2D eigenvalue weighted by Gasteiger charge is -2.28. The Kier molecular flexibility index (Phi) is 19.5. The highest BCUT2D eigenvalue weighted by atomic mass is 19.1. The number of aliphatic hydroxyl groups is 1. The van der Waals surface area contributed by atoms with Crippen LogP contribution in [0.3, 0.4) is 0 Å². The predicted octanol–water partition coefficient (Wildman–Crippen LogP) is 3.63. The number of aliphatic carboxylic acids is 1. The number of amidine groups is 1. The summed E-state index contributed by atoms with van der Waals surface area (Å²) in [5.74, 6) is -6.81. The van der Waals surface area contributed by atoms with Crippen LogP contribution in [-0.4, -0.2) is 123 Å². The molecule has 81 heavy (non-hydrogen) atoms. The third kappa shape index (κ3) is 15.2. The number of carboxylic acids is 1. The molecule has 8 rings (SSSR count). The van der Waals surface area contributed by atoms with E-state index in [-0.39, 0.29) is 78.3 Å². The van der Waals surface area contributed by atoms with E-state index in [4.69, 9.17) is 30.4 Å². The fourth-order valence-electron chi connectivity index (χ4n) is 9.24. The average Bonchev–Trinajstić information content (AvgIpc) is 4.25. The molecule has 2 aromatic heterocycles. The lowest BCUT2D eigenvalue weighted by Crippen LogP contribution is -2.63. The van der Waals surface area contributed by atoms with Gasteiger partial charge in [0, 0.05) is 72.3 Å². The van der Waals surface area contributed by atoms with Gasteiger partial charge < -0.3 is 67.1 Å². The first-order valence-electron chi connectivity index (χ1n) is 26.6. The van der Waals surface area contributed by atoms with Crippen LogP contribution in [0.25, 0.3) is 10.9 Å². The van der Waals surface area contributed by atoms with Crippen LogP contribution in [0.5, 0.6) is 0 Å². The number of carbonyl (C=O) groups is 7. The standard InChI is InChI=1S/C56H63FN12O12/c1-2-3-24-79-56(78)67-48(51(68-52(73)46-45(57)36-9-5-6-10-39(36)63-46)66-44(71)27-35-26-41(69-81-35)31-13-15-32(16-14-31)50(58)59)55(77)80-29-30-12-19-37-42(25-30)64-47(49(37)72)53(74)65-40(54(75)76)21-23-61-43(70)11-7-4-8-34-18-17-33-28-60-22-20-38(33)62-34/h5-6,9-10,12-19,25,35,40,48-49,51,60,63,72H,2-4,7-8,11,20-24,26-29H2,1H3,(H3,58,59)(H,61,70)(H,65,74)(H,66,71)(H,67,78)(H,68,73)(H,75,76)/t35?,40-,48?,49?,51+/m0/s1. The zero-order chi connectivity index (χ0) is 57.6. The zero-order valence-electron chi connectivity index (χ0n) is 44.3. The fraction of sp³-hybridized carbons (Fsp3) is 0.375. The van der Waals surface area contributed by atoms with Gasteiger partial charge in [0.05, 0.1) is 24.4 Å². The number of ether oxygens (including phenoxy) is 2. The van der Waals surface area contributed by atoms with Gasteiger partial charge in [-0.3, -0.25) is 29.6 Å². The van der Waals surface area contributed by atoms with Gasteiger partial charge in [-0.2, -0.15) is 0 Å². The Morgan fingerprint density at radius 2 is 1.73 bits per heavy atom. The van der Waals surface area contributed by atoms with Crippen LogP contribution >= 0.6 is 0 Å². The number of hydrogen-bond donors (Lipinski definition) is 11. The molecule has 3 aliphatic heterocycles. The summed E-state index contributed by atoms with van der Waals surface area (Å²) in [6.07, 6.45) is -1.50. The number of fused-ring (bicyclic) bond motifs is 3. The highest BCUT2D eigenvalue weighted by molar-refractivity contribution is 6.42. The molecule has 3 unspecified atom stereocenters. The van der Waals surface area contributed by atoms with E-state index in [2.05, 4.69) is 53.1 Å². The maximum atomic E-state index is 15.7. The van der Waals surface area contributed by atoms with E-state index in [1.165, 1.54) is 35.9 Å². The van der Waals surface area contributed by atoms with Gasteiger partial charge in [0.2, 0.25) is 11.8 Å². The van der Waals surface area contributed by atoms with Crippen molar-refractivity contribution < 1.29 is 62.5 Å². The first-order valence-corrected chi connectivity index (χ1v) is 26.6. The van der Waals surface area contributed by atoms with E-state index >= 15 is 4.39 Å². The number of amides is 5. The number of carboxylic acid groups (broad SMARTS) is 1. The van der Waals surface area contributed by atoms with Gasteiger partial charge in [-0.25, -0.2) is 23.8 Å². The van der Waals surface area contributed by atoms with E-state index in [0.29, 0.717) is 36.1 Å². The van der Waals surface area contributed by atoms with E-state index in [0.717, 1.165) is 43.7 Å². The second-order valence-electron chi connectivity index (χ2n) is 19.6. The zero-order valence-corrected chi connectivity index (χ0v) is 44.3. The second kappa shape index (κ2) is 27.2. The highest BCUT2D eigenvalue weighted by Crippen LogP contribution is 2.35. The number of nitrogens with zero attached hydrogens (tertiary/aromatic N) is 3. The molecule has 5 heterocycles. The molecular formula is C56H63FN12O12. The number of esters is 1. The molecule has 5 aromatic rings. The topological polar surface area (TPSA) is 363 Å². The molecule has 426 valence electrons. The number of rotatable bonds is 26. The Hall–Kier alpha value is -9.10. The normalized spacial score (nSPS) is 16.2. The molecule has 0 spiro atoms. The van der Waals surface area contributed by atoms with E-state index in [1.54, 1.807) is 36.4 Å². The first-order chi connectivity index (χ1) is 39.0. The summed E-state index contributed by atoms with van der Waals surface area (Å²) in [6.45, 7) is 2.90. The first kappa shape index (κ1) is 58.1. The van der Waals surface area contributed by atoms with Crippen molar-refractivity contribution in [2.45, 2.75) is 115 Å². The Labute approximate surface area is 463 Å². The SMILES string of the molecule is CCCCOC(=O)NC(C(=O)OCc1ccc2c(c1)N=C(C(=O)N[C@@H](CCNC(=O)CCCCc1ccc3c(n1)CCNC3)C(=O)O)C2O)[C@H](NC(=O)CC1CC(c2ccc(C(=N)N)cc2)=NO1)NC(=O)c1[nH]c2ccccc2c1F. The molecule has 3 aromatic carbocycles. The number of unbranched alkanes of at least 4 members (excludes halogenated alkanes) is 2. The van der Waals surface area contributed by atoms with Crippen molar-refractivity contribution in [1.29, 1.82) is 5.41 Å². The predicted molar refractivity (Wildman–Crippen MR) is 292 cm³/mol. The molecule has 5 amide bonds. The van der Waals surface area contributed by atoms with Crippen molar-refractivity contribution in [2.24, 2.45) is 15.9 Å². The maximum absolute atomic E-state index is 15.7. The van der Waals surface area contributed by atoms with Crippen molar-refractivity contribution in [1.82, 2.24) is 41.9 Å². The van der Waals surface area contributed by atoms with Crippen molar-refractivity contribution in [3.05, 3.63) is 130 Å². The second-order valence-corrected chi connectivity index (χ2v) is 19.6. The third-order valence-corrected chi connectivity index (χ3v) is 13.7. The highest BCUT2D eigenvalue weighted by Gasteiger charge is 2.38. The number of aromatic amines is 1. The van der Waals surface area contributed by atoms with Gasteiger partial charge in [0.25, 0.3) is 11.8 Å². The molecule has 0 saturated carbocycles. The molecule has 24 nitrogen and oxygen atoms in total. The number of alkyl carbamates (subject to hydrolysis) is 1. The number of aryl methyl sites for hydroxylation is 1. The Bertz CT molecular complexity index is 3260. The number of aliphatic imine (C=N–C) groups is 1. The molecular weight excluding hydrogens is 1050 g/mol. The maximum Gasteiger partial charge on any atom is 0.407 e. The lowest BCUT2D eigenvalue weighted by atomic mass is 10.0. The van der Waals surface area contributed by atoms with Crippen LogP contribution in [0.15, 0.2) is 89.0 Å². The number of aromatic nitrogens is 2. The van der Waals surface area contributed by atoms with Crippen LogP contribution in [0.2, 0.25) is 0 Å². The molecule has 0 radical (unpaired) electrons. The van der Waals surface area contributed by atoms with E-state index < -0.39 is 90.0 Å². The van der Waals surface area contributed by atoms with Crippen LogP contribution in [0, 0.1) is 11.2 Å². The van der Waals surface area contributed by atoms with Gasteiger partial charge in [0.15, 0.2) is 11.9 Å². The van der Waals surface area contributed by atoms with Gasteiger partial charge >= 0.3 is 18.0 Å². The summed E-state index contributed by atoms with van der Waals surface area (Å²) >= 11 is 0. The molecule has 25 heteroatoms. The molecule has 5 atom stereocenters. The summed E-state index contributed by atoms with van der Waals surface area (Å²) in [6, 6.07) is 17.8. The number of halogens is 1. The summed E-state index contributed by atoms with van der Waals surface area (Å²) in [5.41, 5.74) is 10.3. The fourth-order valence-corrected chi connectivity index (χ4v) is 9.24. The quantitative estimate of drug-likeness (QED) is 0.0124. The van der Waals surface area contributed by atoms with Gasteiger partial charge in [-0.1, -0.05) is 73.1 Å². The van der Waals surface area contributed by atoms with E-state index in [1.807, 2.05) is 13.0 Å². The van der Waals surface area contributed by atoms with Crippen molar-refractivity contribution in [2.75, 3.05) is 19.7 Å². The van der Waals surface area contributed by atoms with Crippen molar-refractivity contribution >= 4 is 75.5 Å². The van der Waals surface area contributed by atoms with Crippen molar-refractivity contribution in [3.8, 4) is 0 Å². The Balaban J connectivity index is 0.903. The monoisotopic (exact) mass is 1110 g/mol. The minimum Gasteiger partial charge on any atom is -0.480 e. The average molecular weight is 1120 g/mol. The van der Waals surface area contributed by atoms with Crippen LogP contribution in [-0.2, 0) is 64.3 Å². The van der Waals surface area contributed by atoms with Gasteiger partial charge in [0.1, 0.15) is 48.3 Å². The number of H-pyrrole nitrogens is 1. The molecule has 0 bridgehead atoms. The number of pyridine rings is 1. The minimum absolute atomic E-state index is 0.0564. The summed E-state index contributed by atoms with van der Waals surface area (Å²) in [5, 5.41) is 48.7. The van der Waals surface area contributed by atoms with Crippen LogP contribution in [0.4, 0.5) is 14.9 Å². The summed E-state index contributed by atoms with van der Waals surface area (Å²) in [4.78, 5) is 111. The minimum atomic E-state index is -1.93. The number of carbonyl (C=O) groups excluding carboxylic acids is 6. The van der Waals surface area contributed by atoms with Gasteiger partial charge in [-0.05, 0) is 73.1 Å². The molecule has 0 aliphatic carbocycles. The summed E-state index contributed by atoms with van der Waals surface area (Å²) in [7, 11) is 0. The summed E-state index contributed by atoms with van der Waals surface area (Å²) < 4.78 is 26.7. The van der Waals surface area contributed by atoms with Crippen molar-refractivity contribution in [3.63, 3.8) is 0 Å². The Morgan fingerprint density at radius 1 is 0.926 bits per heavy atom. The number of aliphatic hydroxyl groups excluding tert-OH is 1. The van der Waals surface area contributed by atoms with Crippen LogP contribution in [0.1, 0.15) is 114 Å². The van der Waals surface area contributed by atoms with Gasteiger partial charge in [-0.15, -0.1) is 0 Å². The Morgan fingerprint density at radius 3 is 2.49 bits per heavy atom.